The number of benzene rings is 2. The lowest BCUT2D eigenvalue weighted by atomic mass is 10.2. The average Bonchev–Trinajstić information content (AvgIpc) is 2.94. The second-order valence-electron chi connectivity index (χ2n) is 5.79. The van der Waals surface area contributed by atoms with Gasteiger partial charge in [-0.1, -0.05) is 53.8 Å². The Labute approximate surface area is 162 Å². The predicted octanol–water partition coefficient (Wildman–Crippen LogP) is 4.33. The fourth-order valence-corrected chi connectivity index (χ4v) is 3.38. The molecule has 6 heteroatoms. The number of hydrogen-bond acceptors (Lipinski definition) is 5. The van der Waals surface area contributed by atoms with Crippen molar-refractivity contribution in [2.24, 2.45) is 0 Å². The molecule has 1 fully saturated rings. The van der Waals surface area contributed by atoms with Gasteiger partial charge >= 0.3 is 0 Å². The number of rotatable bonds is 7. The van der Waals surface area contributed by atoms with Crippen LogP contribution >= 0.6 is 24.0 Å². The van der Waals surface area contributed by atoms with E-state index >= 15 is 0 Å². The molecule has 2 aromatic rings. The summed E-state index contributed by atoms with van der Waals surface area (Å²) in [6.07, 6.45) is 2.60. The molecule has 1 amide bonds. The maximum atomic E-state index is 11.7. The quantitative estimate of drug-likeness (QED) is 0.437. The maximum absolute atomic E-state index is 11.7. The Morgan fingerprint density at radius 2 is 1.81 bits per heavy atom. The number of amides is 1. The van der Waals surface area contributed by atoms with Crippen LogP contribution in [0.4, 0.5) is 0 Å². The van der Waals surface area contributed by atoms with Gasteiger partial charge in [0.15, 0.2) is 0 Å². The van der Waals surface area contributed by atoms with E-state index in [1.165, 1.54) is 17.3 Å². The summed E-state index contributed by atoms with van der Waals surface area (Å²) in [6, 6.07) is 15.6. The molecule has 0 radical (unpaired) electrons. The number of aryl methyl sites for hydroxylation is 1. The molecule has 1 aliphatic heterocycles. The number of carbonyl (C=O) groups is 1. The Bertz CT molecular complexity index is 831. The van der Waals surface area contributed by atoms with Gasteiger partial charge in [-0.15, -0.1) is 0 Å². The van der Waals surface area contributed by atoms with Crippen molar-refractivity contribution in [3.05, 3.63) is 64.6 Å². The summed E-state index contributed by atoms with van der Waals surface area (Å²) in [6.45, 7) is 3.21. The molecule has 0 spiro atoms. The van der Waals surface area contributed by atoms with Crippen LogP contribution in [-0.4, -0.2) is 23.4 Å². The molecule has 0 atom stereocenters. The summed E-state index contributed by atoms with van der Waals surface area (Å²) in [5.41, 5.74) is 2.12. The van der Waals surface area contributed by atoms with Gasteiger partial charge in [-0.2, -0.15) is 0 Å². The number of carbonyl (C=O) groups excluding carboxylic acids is 1. The third-order valence-corrected chi connectivity index (χ3v) is 4.81. The van der Waals surface area contributed by atoms with Gasteiger partial charge in [0, 0.05) is 6.42 Å². The molecule has 2 aromatic carbocycles. The number of ether oxygens (including phenoxy) is 2. The number of thioether (sulfide) groups is 1. The zero-order chi connectivity index (χ0) is 18.4. The first kappa shape index (κ1) is 18.5. The molecule has 1 N–H and O–H groups in total. The van der Waals surface area contributed by atoms with E-state index in [1.54, 1.807) is 0 Å². The molecule has 1 heterocycles. The maximum Gasteiger partial charge on any atom is 0.263 e. The van der Waals surface area contributed by atoms with Crippen molar-refractivity contribution < 1.29 is 14.3 Å². The first-order valence-corrected chi connectivity index (χ1v) is 9.50. The van der Waals surface area contributed by atoms with Gasteiger partial charge in [-0.25, -0.2) is 0 Å². The van der Waals surface area contributed by atoms with Crippen molar-refractivity contribution >= 4 is 40.3 Å². The molecular weight excluding hydrogens is 366 g/mol. The smallest absolute Gasteiger partial charge is 0.263 e. The number of nitrogens with one attached hydrogen (secondary N) is 1. The molecule has 4 nitrogen and oxygen atoms in total. The second-order valence-corrected chi connectivity index (χ2v) is 7.51. The van der Waals surface area contributed by atoms with Crippen LogP contribution in [0, 0.1) is 6.92 Å². The summed E-state index contributed by atoms with van der Waals surface area (Å²) < 4.78 is 11.9. The summed E-state index contributed by atoms with van der Waals surface area (Å²) in [4.78, 5) is 12.3. The highest BCUT2D eigenvalue weighted by atomic mass is 32.2. The van der Waals surface area contributed by atoms with E-state index in [0.29, 0.717) is 22.4 Å². The lowest BCUT2D eigenvalue weighted by Gasteiger charge is -2.09. The predicted molar refractivity (Wildman–Crippen MR) is 110 cm³/mol. The molecule has 0 aromatic heterocycles. The summed E-state index contributed by atoms with van der Waals surface area (Å²) in [7, 11) is 0. The molecule has 26 heavy (non-hydrogen) atoms. The molecule has 0 saturated carbocycles. The van der Waals surface area contributed by atoms with Crippen LogP contribution in [0.3, 0.4) is 0 Å². The summed E-state index contributed by atoms with van der Waals surface area (Å²) >= 11 is 6.26. The fraction of sp³-hybridized carbons (Fsp3) is 0.200. The highest BCUT2D eigenvalue weighted by Crippen LogP contribution is 2.26. The average molecular weight is 386 g/mol. The second kappa shape index (κ2) is 8.87. The molecule has 3 rings (SSSR count). The highest BCUT2D eigenvalue weighted by Gasteiger charge is 2.21. The Kier molecular flexibility index (Phi) is 6.30. The van der Waals surface area contributed by atoms with Crippen molar-refractivity contribution in [2.75, 3.05) is 13.2 Å². The van der Waals surface area contributed by atoms with Crippen LogP contribution in [0.25, 0.3) is 6.08 Å². The third-order valence-electron chi connectivity index (χ3n) is 3.65. The van der Waals surface area contributed by atoms with Crippen LogP contribution in [-0.2, 0) is 4.79 Å². The topological polar surface area (TPSA) is 47.6 Å². The van der Waals surface area contributed by atoms with Crippen LogP contribution in [0.2, 0.25) is 0 Å². The first-order chi connectivity index (χ1) is 12.6. The van der Waals surface area contributed by atoms with E-state index in [9.17, 15) is 4.79 Å². The van der Waals surface area contributed by atoms with Crippen molar-refractivity contribution in [3.63, 3.8) is 0 Å². The Morgan fingerprint density at radius 1 is 1.08 bits per heavy atom. The third kappa shape index (κ3) is 5.34. The molecular formula is C20H19NO3S2. The number of hydrogen-bond donors (Lipinski definition) is 1. The van der Waals surface area contributed by atoms with Crippen molar-refractivity contribution in [3.8, 4) is 11.5 Å². The van der Waals surface area contributed by atoms with E-state index < -0.39 is 0 Å². The van der Waals surface area contributed by atoms with Crippen LogP contribution in [0.15, 0.2) is 53.4 Å². The summed E-state index contributed by atoms with van der Waals surface area (Å²) in [5, 5.41) is 2.61. The lowest BCUT2D eigenvalue weighted by Crippen LogP contribution is -2.17. The molecule has 134 valence electrons. The minimum atomic E-state index is -0.153. The van der Waals surface area contributed by atoms with Crippen LogP contribution < -0.4 is 14.8 Å². The molecule has 0 aliphatic carbocycles. The molecule has 1 aliphatic rings. The van der Waals surface area contributed by atoms with E-state index in [1.807, 2.05) is 61.5 Å². The van der Waals surface area contributed by atoms with Crippen molar-refractivity contribution in [1.29, 1.82) is 0 Å². The standard InChI is InChI=1S/C20H19NO3S2/c1-14-6-8-16(9-7-14)23-10-3-11-24-17-5-2-4-15(12-17)13-18-19(22)21-20(25)26-18/h2,4-9,12-13H,3,10-11H2,1H3,(H,21,22,25)/b18-13-. The normalized spacial score (nSPS) is 15.2. The van der Waals surface area contributed by atoms with Gasteiger partial charge in [0.25, 0.3) is 5.91 Å². The van der Waals surface area contributed by atoms with Gasteiger partial charge in [0.1, 0.15) is 15.8 Å². The van der Waals surface area contributed by atoms with Gasteiger partial charge < -0.3 is 14.8 Å². The van der Waals surface area contributed by atoms with Gasteiger partial charge in [0.05, 0.1) is 18.1 Å². The van der Waals surface area contributed by atoms with E-state index in [0.717, 1.165) is 23.5 Å². The minimum Gasteiger partial charge on any atom is -0.493 e. The van der Waals surface area contributed by atoms with E-state index in [2.05, 4.69) is 5.32 Å². The van der Waals surface area contributed by atoms with Gasteiger partial charge in [0.2, 0.25) is 0 Å². The molecule has 1 saturated heterocycles. The zero-order valence-corrected chi connectivity index (χ0v) is 16.0. The van der Waals surface area contributed by atoms with E-state index in [-0.39, 0.29) is 5.91 Å². The highest BCUT2D eigenvalue weighted by molar-refractivity contribution is 8.26. The van der Waals surface area contributed by atoms with Gasteiger partial charge in [-0.3, -0.25) is 4.79 Å². The minimum absolute atomic E-state index is 0.153. The summed E-state index contributed by atoms with van der Waals surface area (Å²) in [5.74, 6) is 1.48. The monoisotopic (exact) mass is 385 g/mol. The SMILES string of the molecule is Cc1ccc(OCCCOc2cccc(/C=C3\SC(=S)NC3=O)c2)cc1. The van der Waals surface area contributed by atoms with Crippen LogP contribution in [0.1, 0.15) is 17.5 Å². The Hall–Kier alpha value is -2.31. The lowest BCUT2D eigenvalue weighted by molar-refractivity contribution is -0.115. The largest absolute Gasteiger partial charge is 0.493 e. The molecule has 0 bridgehead atoms. The fourth-order valence-electron chi connectivity index (χ4n) is 2.34. The first-order valence-electron chi connectivity index (χ1n) is 8.27. The Balaban J connectivity index is 1.47. The van der Waals surface area contributed by atoms with Crippen LogP contribution in [0.5, 0.6) is 11.5 Å². The Morgan fingerprint density at radius 3 is 2.50 bits per heavy atom. The van der Waals surface area contributed by atoms with Crippen molar-refractivity contribution in [2.45, 2.75) is 13.3 Å². The van der Waals surface area contributed by atoms with Gasteiger partial charge in [-0.05, 0) is 42.8 Å². The van der Waals surface area contributed by atoms with Crippen molar-refractivity contribution in [1.82, 2.24) is 5.32 Å². The van der Waals surface area contributed by atoms with E-state index in [4.69, 9.17) is 21.7 Å². The number of thiocarbonyl (C=S) groups is 1. The zero-order valence-electron chi connectivity index (χ0n) is 14.4. The molecule has 0 unspecified atom stereocenters.